The van der Waals surface area contributed by atoms with Gasteiger partial charge < -0.3 is 5.73 Å². The Labute approximate surface area is 93.2 Å². The number of anilines is 1. The normalized spacial score (nSPS) is 10.4. The van der Waals surface area contributed by atoms with E-state index in [0.29, 0.717) is 0 Å². The van der Waals surface area contributed by atoms with Crippen molar-refractivity contribution in [2.24, 2.45) is 0 Å². The highest BCUT2D eigenvalue weighted by Crippen LogP contribution is 2.21. The number of nitrogens with two attached hydrogens (primary N) is 1. The Morgan fingerprint density at radius 3 is 2.94 bits per heavy atom. The highest BCUT2D eigenvalue weighted by atomic mass is 19.1. The van der Waals surface area contributed by atoms with Crippen LogP contribution in [0.5, 0.6) is 0 Å². The van der Waals surface area contributed by atoms with Gasteiger partial charge in [0.1, 0.15) is 5.69 Å². The summed E-state index contributed by atoms with van der Waals surface area (Å²) in [5.74, 6) is -0.374. The molecule has 16 heavy (non-hydrogen) atoms. The fourth-order valence-electron chi connectivity index (χ4n) is 1.52. The molecule has 0 fully saturated rings. The lowest BCUT2D eigenvalue weighted by atomic mass is 10.1. The molecule has 1 aromatic heterocycles. The zero-order valence-corrected chi connectivity index (χ0v) is 8.94. The van der Waals surface area contributed by atoms with Gasteiger partial charge in [-0.2, -0.15) is 0 Å². The fourth-order valence-corrected chi connectivity index (χ4v) is 1.52. The molecule has 82 valence electrons. The van der Waals surface area contributed by atoms with E-state index in [2.05, 4.69) is 9.97 Å². The van der Waals surface area contributed by atoms with Crippen molar-refractivity contribution in [3.8, 4) is 11.3 Å². The van der Waals surface area contributed by atoms with Gasteiger partial charge in [0.25, 0.3) is 0 Å². The Balaban J connectivity index is 2.53. The van der Waals surface area contributed by atoms with Gasteiger partial charge >= 0.3 is 0 Å². The molecule has 1 heterocycles. The van der Waals surface area contributed by atoms with E-state index < -0.39 is 5.82 Å². The summed E-state index contributed by atoms with van der Waals surface area (Å²) >= 11 is 0. The molecule has 0 aliphatic heterocycles. The van der Waals surface area contributed by atoms with Gasteiger partial charge in [0, 0.05) is 5.56 Å². The number of hydrogen-bond acceptors (Lipinski definition) is 3. The summed E-state index contributed by atoms with van der Waals surface area (Å²) < 4.78 is 13.5. The first-order chi connectivity index (χ1) is 7.70. The van der Waals surface area contributed by atoms with Crippen molar-refractivity contribution in [3.63, 3.8) is 0 Å². The van der Waals surface area contributed by atoms with Crippen LogP contribution in [0.3, 0.4) is 0 Å². The maximum Gasteiger partial charge on any atom is 0.220 e. The van der Waals surface area contributed by atoms with Crippen LogP contribution in [-0.4, -0.2) is 9.97 Å². The summed E-state index contributed by atoms with van der Waals surface area (Å²) in [6.07, 6.45) is 1.99. The number of aromatic nitrogens is 2. The number of halogens is 1. The molecule has 0 aliphatic rings. The minimum atomic E-state index is -0.456. The molecule has 0 amide bonds. The van der Waals surface area contributed by atoms with Crippen LogP contribution in [0.4, 0.5) is 10.3 Å². The molecular formula is C12H12FN3. The first-order valence-corrected chi connectivity index (χ1v) is 5.08. The van der Waals surface area contributed by atoms with Gasteiger partial charge in [0.2, 0.25) is 5.95 Å². The van der Waals surface area contributed by atoms with Crippen LogP contribution in [-0.2, 0) is 6.42 Å². The molecule has 2 aromatic rings. The van der Waals surface area contributed by atoms with Crippen LogP contribution in [0.25, 0.3) is 11.3 Å². The average molecular weight is 217 g/mol. The highest BCUT2D eigenvalue weighted by Gasteiger charge is 2.08. The van der Waals surface area contributed by atoms with Crippen LogP contribution in [0.2, 0.25) is 0 Å². The van der Waals surface area contributed by atoms with E-state index in [1.54, 1.807) is 0 Å². The SMILES string of the molecule is CCc1cccc(-c2nc(N)ncc2F)c1. The molecule has 0 saturated carbocycles. The topological polar surface area (TPSA) is 51.8 Å². The lowest BCUT2D eigenvalue weighted by Crippen LogP contribution is -1.99. The van der Waals surface area contributed by atoms with Gasteiger partial charge in [0.15, 0.2) is 5.82 Å². The van der Waals surface area contributed by atoms with Crippen molar-refractivity contribution >= 4 is 5.95 Å². The zero-order valence-electron chi connectivity index (χ0n) is 8.94. The summed E-state index contributed by atoms with van der Waals surface area (Å²) in [5.41, 5.74) is 7.56. The average Bonchev–Trinajstić information content (AvgIpc) is 2.32. The Hall–Kier alpha value is -1.97. The van der Waals surface area contributed by atoms with Crippen LogP contribution in [0.15, 0.2) is 30.5 Å². The molecule has 2 rings (SSSR count). The van der Waals surface area contributed by atoms with E-state index in [1.807, 2.05) is 31.2 Å². The van der Waals surface area contributed by atoms with Crippen molar-refractivity contribution in [1.29, 1.82) is 0 Å². The van der Waals surface area contributed by atoms with Crippen LogP contribution >= 0.6 is 0 Å². The zero-order chi connectivity index (χ0) is 11.5. The van der Waals surface area contributed by atoms with Crippen molar-refractivity contribution in [1.82, 2.24) is 9.97 Å². The molecule has 0 unspecified atom stereocenters. The number of benzene rings is 1. The van der Waals surface area contributed by atoms with Gasteiger partial charge in [0.05, 0.1) is 6.20 Å². The summed E-state index contributed by atoms with van der Waals surface area (Å²) in [5, 5.41) is 0. The van der Waals surface area contributed by atoms with Crippen molar-refractivity contribution in [2.75, 3.05) is 5.73 Å². The second-order valence-corrected chi connectivity index (χ2v) is 3.48. The third kappa shape index (κ3) is 2.00. The lowest BCUT2D eigenvalue weighted by molar-refractivity contribution is 0.619. The largest absolute Gasteiger partial charge is 0.368 e. The lowest BCUT2D eigenvalue weighted by Gasteiger charge is -2.04. The molecule has 2 N–H and O–H groups in total. The Bertz CT molecular complexity index is 511. The standard InChI is InChI=1S/C12H12FN3/c1-2-8-4-3-5-9(6-8)11-10(13)7-15-12(14)16-11/h3-7H,2H2,1H3,(H2,14,15,16). The van der Waals surface area contributed by atoms with Gasteiger partial charge in [-0.05, 0) is 18.1 Å². The quantitative estimate of drug-likeness (QED) is 0.840. The van der Waals surface area contributed by atoms with Crippen LogP contribution < -0.4 is 5.73 Å². The fraction of sp³-hybridized carbons (Fsp3) is 0.167. The molecule has 0 bridgehead atoms. The molecule has 0 atom stereocenters. The molecule has 1 aromatic carbocycles. The summed E-state index contributed by atoms with van der Waals surface area (Å²) in [6.45, 7) is 2.05. The molecule has 0 aliphatic carbocycles. The van der Waals surface area contributed by atoms with Crippen LogP contribution in [0, 0.1) is 5.82 Å². The first kappa shape index (κ1) is 10.5. The van der Waals surface area contributed by atoms with Crippen molar-refractivity contribution in [2.45, 2.75) is 13.3 Å². The number of nitrogen functional groups attached to an aromatic ring is 1. The minimum absolute atomic E-state index is 0.0818. The van der Waals surface area contributed by atoms with Crippen molar-refractivity contribution in [3.05, 3.63) is 41.8 Å². The van der Waals surface area contributed by atoms with Gasteiger partial charge in [-0.25, -0.2) is 14.4 Å². The molecular weight excluding hydrogens is 205 g/mol. The summed E-state index contributed by atoms with van der Waals surface area (Å²) in [6, 6.07) is 7.59. The number of nitrogens with zero attached hydrogens (tertiary/aromatic N) is 2. The Kier molecular flexibility index (Phi) is 2.81. The smallest absolute Gasteiger partial charge is 0.220 e. The van der Waals surface area contributed by atoms with Crippen molar-refractivity contribution < 1.29 is 4.39 Å². The minimum Gasteiger partial charge on any atom is -0.368 e. The number of hydrogen-bond donors (Lipinski definition) is 1. The second kappa shape index (κ2) is 4.26. The molecule has 4 heteroatoms. The number of aryl methyl sites for hydroxylation is 1. The van der Waals surface area contributed by atoms with E-state index in [4.69, 9.17) is 5.73 Å². The van der Waals surface area contributed by atoms with Gasteiger partial charge in [-0.3, -0.25) is 0 Å². The maximum atomic E-state index is 13.5. The Morgan fingerprint density at radius 2 is 2.19 bits per heavy atom. The number of rotatable bonds is 2. The van der Waals surface area contributed by atoms with E-state index in [9.17, 15) is 4.39 Å². The predicted molar refractivity (Wildman–Crippen MR) is 61.2 cm³/mol. The maximum absolute atomic E-state index is 13.5. The molecule has 0 radical (unpaired) electrons. The summed E-state index contributed by atoms with van der Waals surface area (Å²) in [4.78, 5) is 7.51. The van der Waals surface area contributed by atoms with Gasteiger partial charge in [-0.15, -0.1) is 0 Å². The van der Waals surface area contributed by atoms with E-state index >= 15 is 0 Å². The molecule has 3 nitrogen and oxygen atoms in total. The first-order valence-electron chi connectivity index (χ1n) is 5.08. The predicted octanol–water partition coefficient (Wildman–Crippen LogP) is 2.43. The molecule has 0 spiro atoms. The highest BCUT2D eigenvalue weighted by molar-refractivity contribution is 5.61. The Morgan fingerprint density at radius 1 is 1.38 bits per heavy atom. The van der Waals surface area contributed by atoms with E-state index in [-0.39, 0.29) is 11.6 Å². The second-order valence-electron chi connectivity index (χ2n) is 3.48. The third-order valence-electron chi connectivity index (χ3n) is 2.37. The van der Waals surface area contributed by atoms with E-state index in [0.717, 1.165) is 23.7 Å². The van der Waals surface area contributed by atoms with E-state index in [1.165, 1.54) is 0 Å². The monoisotopic (exact) mass is 217 g/mol. The van der Waals surface area contributed by atoms with Crippen LogP contribution in [0.1, 0.15) is 12.5 Å². The molecule has 0 saturated heterocycles. The summed E-state index contributed by atoms with van der Waals surface area (Å²) in [7, 11) is 0. The van der Waals surface area contributed by atoms with Gasteiger partial charge in [-0.1, -0.05) is 25.1 Å². The third-order valence-corrected chi connectivity index (χ3v) is 2.37.